The number of piperidine rings is 1. The lowest BCUT2D eigenvalue weighted by Crippen LogP contribution is -2.46. The predicted molar refractivity (Wildman–Crippen MR) is 58.7 cm³/mol. The maximum Gasteiger partial charge on any atom is 0.225 e. The number of morpholine rings is 1. The van der Waals surface area contributed by atoms with Crippen molar-refractivity contribution in [2.24, 2.45) is 5.92 Å². The minimum Gasteiger partial charge on any atom is -0.378 e. The van der Waals surface area contributed by atoms with Gasteiger partial charge in [-0.2, -0.15) is 5.06 Å². The summed E-state index contributed by atoms with van der Waals surface area (Å²) in [4.78, 5) is 19.3. The van der Waals surface area contributed by atoms with E-state index in [1.165, 1.54) is 0 Å². The van der Waals surface area contributed by atoms with Crippen LogP contribution in [-0.2, 0) is 14.4 Å². The average molecular weight is 228 g/mol. The van der Waals surface area contributed by atoms with Crippen molar-refractivity contribution in [3.8, 4) is 0 Å². The number of hydroxylamine groups is 2. The van der Waals surface area contributed by atoms with E-state index in [1.807, 2.05) is 9.96 Å². The van der Waals surface area contributed by atoms with Gasteiger partial charge in [0, 0.05) is 32.1 Å². The van der Waals surface area contributed by atoms with Crippen LogP contribution in [0.3, 0.4) is 0 Å². The molecule has 5 nitrogen and oxygen atoms in total. The highest BCUT2D eigenvalue weighted by Gasteiger charge is 2.29. The number of hydrogen-bond donors (Lipinski definition) is 0. The monoisotopic (exact) mass is 228 g/mol. The number of nitrogens with zero attached hydrogens (tertiary/aromatic N) is 2. The summed E-state index contributed by atoms with van der Waals surface area (Å²) in [6.45, 7) is 4.59. The minimum absolute atomic E-state index is 0.185. The molecule has 0 aromatic rings. The number of ether oxygens (including phenoxy) is 1. The van der Waals surface area contributed by atoms with Gasteiger partial charge in [0.15, 0.2) is 0 Å². The first-order valence-corrected chi connectivity index (χ1v) is 5.97. The van der Waals surface area contributed by atoms with E-state index in [1.54, 1.807) is 7.11 Å². The van der Waals surface area contributed by atoms with Gasteiger partial charge in [-0.1, -0.05) is 0 Å². The van der Waals surface area contributed by atoms with Crippen molar-refractivity contribution in [1.29, 1.82) is 0 Å². The summed E-state index contributed by atoms with van der Waals surface area (Å²) >= 11 is 0. The molecule has 0 aliphatic carbocycles. The van der Waals surface area contributed by atoms with Crippen LogP contribution in [0.25, 0.3) is 0 Å². The minimum atomic E-state index is 0.185. The Kier molecular flexibility index (Phi) is 4.15. The first-order chi connectivity index (χ1) is 7.81. The smallest absolute Gasteiger partial charge is 0.225 e. The van der Waals surface area contributed by atoms with Gasteiger partial charge >= 0.3 is 0 Å². The topological polar surface area (TPSA) is 42.0 Å². The summed E-state index contributed by atoms with van der Waals surface area (Å²) in [5.74, 6) is 0.489. The lowest BCUT2D eigenvalue weighted by molar-refractivity contribution is -0.160. The van der Waals surface area contributed by atoms with Crippen LogP contribution in [0.1, 0.15) is 12.8 Å². The SMILES string of the molecule is CON1CCC(C(=O)N2CCOCC2)CC1. The highest BCUT2D eigenvalue weighted by Crippen LogP contribution is 2.20. The zero-order valence-corrected chi connectivity index (χ0v) is 9.85. The van der Waals surface area contributed by atoms with Crippen molar-refractivity contribution >= 4 is 5.91 Å². The van der Waals surface area contributed by atoms with Crippen LogP contribution in [0.15, 0.2) is 0 Å². The molecule has 0 unspecified atom stereocenters. The maximum absolute atomic E-state index is 12.2. The number of carbonyl (C=O) groups is 1. The van der Waals surface area contributed by atoms with Crippen LogP contribution in [0.2, 0.25) is 0 Å². The second kappa shape index (κ2) is 5.61. The molecule has 0 bridgehead atoms. The van der Waals surface area contributed by atoms with Crippen LogP contribution in [0, 0.1) is 5.92 Å². The summed E-state index contributed by atoms with van der Waals surface area (Å²) in [7, 11) is 1.68. The summed E-state index contributed by atoms with van der Waals surface area (Å²) < 4.78 is 5.25. The third-order valence-corrected chi connectivity index (χ3v) is 3.38. The number of rotatable bonds is 2. The lowest BCUT2D eigenvalue weighted by atomic mass is 9.96. The second-order valence-corrected chi connectivity index (χ2v) is 4.32. The molecule has 5 heteroatoms. The Morgan fingerprint density at radius 1 is 1.19 bits per heavy atom. The highest BCUT2D eigenvalue weighted by atomic mass is 16.7. The van der Waals surface area contributed by atoms with Crippen molar-refractivity contribution in [2.75, 3.05) is 46.5 Å². The molecule has 2 saturated heterocycles. The van der Waals surface area contributed by atoms with Gasteiger partial charge in [0.1, 0.15) is 0 Å². The molecule has 0 N–H and O–H groups in total. The van der Waals surface area contributed by atoms with Crippen LogP contribution >= 0.6 is 0 Å². The van der Waals surface area contributed by atoms with Crippen molar-refractivity contribution < 1.29 is 14.4 Å². The molecule has 2 rings (SSSR count). The van der Waals surface area contributed by atoms with Gasteiger partial charge in [-0.3, -0.25) is 4.79 Å². The zero-order valence-electron chi connectivity index (χ0n) is 9.85. The quantitative estimate of drug-likeness (QED) is 0.673. The average Bonchev–Trinajstić information content (AvgIpc) is 2.39. The Bertz CT molecular complexity index is 233. The molecule has 2 heterocycles. The summed E-state index contributed by atoms with van der Waals surface area (Å²) in [5.41, 5.74) is 0. The normalized spacial score (nSPS) is 24.7. The van der Waals surface area contributed by atoms with Gasteiger partial charge in [-0.25, -0.2) is 0 Å². The first kappa shape index (κ1) is 11.8. The third kappa shape index (κ3) is 2.72. The molecule has 2 fully saturated rings. The molecule has 0 radical (unpaired) electrons. The van der Waals surface area contributed by atoms with Gasteiger partial charge in [0.25, 0.3) is 0 Å². The largest absolute Gasteiger partial charge is 0.378 e. The molecule has 92 valence electrons. The van der Waals surface area contributed by atoms with Crippen molar-refractivity contribution in [3.63, 3.8) is 0 Å². The second-order valence-electron chi connectivity index (χ2n) is 4.32. The summed E-state index contributed by atoms with van der Waals surface area (Å²) in [5, 5.41) is 1.92. The van der Waals surface area contributed by atoms with Crippen molar-refractivity contribution in [2.45, 2.75) is 12.8 Å². The van der Waals surface area contributed by atoms with Gasteiger partial charge in [0.05, 0.1) is 20.3 Å². The van der Waals surface area contributed by atoms with Crippen LogP contribution in [0.4, 0.5) is 0 Å². The standard InChI is InChI=1S/C11H20N2O3/c1-15-13-4-2-10(3-5-13)11(14)12-6-8-16-9-7-12/h10H,2-9H2,1H3. The zero-order chi connectivity index (χ0) is 11.4. The van der Waals surface area contributed by atoms with Crippen molar-refractivity contribution in [3.05, 3.63) is 0 Å². The fraction of sp³-hybridized carbons (Fsp3) is 0.909. The molecule has 0 spiro atoms. The number of amides is 1. The summed E-state index contributed by atoms with van der Waals surface area (Å²) in [6.07, 6.45) is 1.81. The fourth-order valence-corrected chi connectivity index (χ4v) is 2.33. The van der Waals surface area contributed by atoms with Crippen LogP contribution in [0.5, 0.6) is 0 Å². The van der Waals surface area contributed by atoms with Gasteiger partial charge in [0.2, 0.25) is 5.91 Å². The Morgan fingerprint density at radius 2 is 1.81 bits per heavy atom. The van der Waals surface area contributed by atoms with Gasteiger partial charge < -0.3 is 14.5 Å². The number of carbonyl (C=O) groups excluding carboxylic acids is 1. The van der Waals surface area contributed by atoms with E-state index in [0.717, 1.165) is 39.0 Å². The van der Waals surface area contributed by atoms with E-state index in [9.17, 15) is 4.79 Å². The van der Waals surface area contributed by atoms with E-state index in [0.29, 0.717) is 19.1 Å². The van der Waals surface area contributed by atoms with E-state index < -0.39 is 0 Å². The molecule has 2 aliphatic heterocycles. The number of hydrogen-bond acceptors (Lipinski definition) is 4. The molecule has 2 aliphatic rings. The Hall–Kier alpha value is -0.650. The Balaban J connectivity index is 1.81. The Labute approximate surface area is 96.2 Å². The van der Waals surface area contributed by atoms with E-state index in [4.69, 9.17) is 9.57 Å². The highest BCUT2D eigenvalue weighted by molar-refractivity contribution is 5.79. The molecule has 0 atom stereocenters. The molecular weight excluding hydrogens is 208 g/mol. The maximum atomic E-state index is 12.2. The molecular formula is C11H20N2O3. The molecule has 16 heavy (non-hydrogen) atoms. The van der Waals surface area contributed by atoms with Gasteiger partial charge in [-0.15, -0.1) is 0 Å². The first-order valence-electron chi connectivity index (χ1n) is 5.97. The molecule has 0 aromatic carbocycles. The fourth-order valence-electron chi connectivity index (χ4n) is 2.33. The van der Waals surface area contributed by atoms with Crippen LogP contribution in [-0.4, -0.2) is 62.4 Å². The molecule has 0 aromatic heterocycles. The van der Waals surface area contributed by atoms with E-state index in [-0.39, 0.29) is 5.92 Å². The lowest BCUT2D eigenvalue weighted by Gasteiger charge is -2.34. The predicted octanol–water partition coefficient (Wildman–Crippen LogP) is 0.119. The third-order valence-electron chi connectivity index (χ3n) is 3.38. The molecule has 1 amide bonds. The van der Waals surface area contributed by atoms with Crippen molar-refractivity contribution in [1.82, 2.24) is 9.96 Å². The van der Waals surface area contributed by atoms with Crippen LogP contribution < -0.4 is 0 Å². The Morgan fingerprint density at radius 3 is 2.38 bits per heavy atom. The van der Waals surface area contributed by atoms with E-state index in [2.05, 4.69) is 0 Å². The summed E-state index contributed by atoms with van der Waals surface area (Å²) in [6, 6.07) is 0. The van der Waals surface area contributed by atoms with Gasteiger partial charge in [-0.05, 0) is 12.8 Å². The molecule has 0 saturated carbocycles. The van der Waals surface area contributed by atoms with E-state index >= 15 is 0 Å².